The quantitative estimate of drug-likeness (QED) is 0.515. The van der Waals surface area contributed by atoms with E-state index in [-0.39, 0.29) is 11.8 Å². The van der Waals surface area contributed by atoms with E-state index in [0.29, 0.717) is 34.0 Å². The zero-order chi connectivity index (χ0) is 21.7. The third-order valence-electron chi connectivity index (χ3n) is 4.48. The van der Waals surface area contributed by atoms with Crippen LogP contribution in [-0.2, 0) is 0 Å². The minimum absolute atomic E-state index is 0.239. The Labute approximate surface area is 183 Å². The van der Waals surface area contributed by atoms with Gasteiger partial charge in [0.2, 0.25) is 0 Å². The number of halogens is 1. The van der Waals surface area contributed by atoms with Crippen molar-refractivity contribution < 1.29 is 19.1 Å². The maximum absolute atomic E-state index is 12.7. The molecule has 0 unspecified atom stereocenters. The molecule has 0 heterocycles. The first-order valence-corrected chi connectivity index (χ1v) is 9.91. The Kier molecular flexibility index (Phi) is 6.74. The Morgan fingerprint density at radius 2 is 1.50 bits per heavy atom. The predicted octanol–water partition coefficient (Wildman–Crippen LogP) is 5.28. The Bertz CT molecular complexity index is 1100. The zero-order valence-electron chi connectivity index (χ0n) is 16.8. The van der Waals surface area contributed by atoms with Gasteiger partial charge in [0, 0.05) is 27.0 Å². The van der Waals surface area contributed by atoms with Gasteiger partial charge < -0.3 is 20.1 Å². The molecule has 2 amide bonds. The average molecular weight is 469 g/mol. The molecule has 0 fully saturated rings. The molecule has 3 aromatic carbocycles. The van der Waals surface area contributed by atoms with E-state index in [2.05, 4.69) is 26.6 Å². The van der Waals surface area contributed by atoms with E-state index in [4.69, 9.17) is 9.47 Å². The normalized spacial score (nSPS) is 10.3. The maximum Gasteiger partial charge on any atom is 0.255 e. The second kappa shape index (κ2) is 9.45. The van der Waals surface area contributed by atoms with Crippen LogP contribution < -0.4 is 20.1 Å². The van der Waals surface area contributed by atoms with Gasteiger partial charge >= 0.3 is 0 Å². The van der Waals surface area contributed by atoms with Crippen molar-refractivity contribution in [2.75, 3.05) is 24.9 Å². The van der Waals surface area contributed by atoms with Crippen LogP contribution in [0.3, 0.4) is 0 Å². The molecule has 0 aromatic heterocycles. The number of amides is 2. The number of rotatable bonds is 6. The molecule has 30 heavy (non-hydrogen) atoms. The van der Waals surface area contributed by atoms with Crippen LogP contribution in [0.5, 0.6) is 11.5 Å². The number of aryl methyl sites for hydroxylation is 1. The van der Waals surface area contributed by atoms with Crippen molar-refractivity contribution in [3.8, 4) is 11.5 Å². The van der Waals surface area contributed by atoms with E-state index in [9.17, 15) is 9.59 Å². The number of carbonyl (C=O) groups is 2. The topological polar surface area (TPSA) is 76.7 Å². The summed E-state index contributed by atoms with van der Waals surface area (Å²) in [5.74, 6) is 0.478. The highest BCUT2D eigenvalue weighted by Crippen LogP contribution is 2.28. The highest BCUT2D eigenvalue weighted by Gasteiger charge is 2.13. The van der Waals surface area contributed by atoms with Crippen molar-refractivity contribution in [3.05, 3.63) is 81.8 Å². The first-order chi connectivity index (χ1) is 14.4. The number of carbonyl (C=O) groups excluding carboxylic acids is 2. The van der Waals surface area contributed by atoms with E-state index in [1.54, 1.807) is 48.5 Å². The van der Waals surface area contributed by atoms with Gasteiger partial charge in [-0.2, -0.15) is 0 Å². The van der Waals surface area contributed by atoms with Crippen LogP contribution >= 0.6 is 15.9 Å². The van der Waals surface area contributed by atoms with Gasteiger partial charge in [-0.15, -0.1) is 0 Å². The molecule has 0 aliphatic rings. The number of nitrogens with one attached hydrogen (secondary N) is 2. The fraction of sp³-hybridized carbons (Fsp3) is 0.130. The Morgan fingerprint density at radius 3 is 2.20 bits per heavy atom. The van der Waals surface area contributed by atoms with Gasteiger partial charge in [0.05, 0.1) is 14.2 Å². The molecule has 0 saturated heterocycles. The van der Waals surface area contributed by atoms with Crippen molar-refractivity contribution in [1.29, 1.82) is 0 Å². The summed E-state index contributed by atoms with van der Waals surface area (Å²) in [4.78, 5) is 25.2. The van der Waals surface area contributed by atoms with Crippen molar-refractivity contribution in [3.63, 3.8) is 0 Å². The lowest BCUT2D eigenvalue weighted by molar-refractivity contribution is 0.101. The number of hydrogen-bond donors (Lipinski definition) is 2. The Hall–Kier alpha value is -3.32. The second-order valence-corrected chi connectivity index (χ2v) is 7.43. The van der Waals surface area contributed by atoms with Gasteiger partial charge in [-0.1, -0.05) is 28.1 Å². The van der Waals surface area contributed by atoms with Gasteiger partial charge in [-0.25, -0.2) is 0 Å². The summed E-state index contributed by atoms with van der Waals surface area (Å²) in [6.45, 7) is 1.88. The minimum Gasteiger partial charge on any atom is -0.493 e. The fourth-order valence-corrected chi connectivity index (χ4v) is 3.24. The molecule has 0 radical (unpaired) electrons. The predicted molar refractivity (Wildman–Crippen MR) is 121 cm³/mol. The maximum atomic E-state index is 12.7. The standard InChI is InChI=1S/C23H21BrN2O4/c1-14-7-9-18(25-22(27)15-5-4-6-17(24)11-15)13-19(14)26-23(28)16-8-10-20(29-2)21(12-16)30-3/h4-13H,1-3H3,(H,25,27)(H,26,28). The van der Waals surface area contributed by atoms with E-state index >= 15 is 0 Å². The van der Waals surface area contributed by atoms with Crippen LogP contribution in [0.1, 0.15) is 26.3 Å². The average Bonchev–Trinajstić information content (AvgIpc) is 2.75. The molecule has 0 aliphatic carbocycles. The largest absolute Gasteiger partial charge is 0.493 e. The third kappa shape index (κ3) is 4.99. The third-order valence-corrected chi connectivity index (χ3v) is 4.97. The molecule has 6 nitrogen and oxygen atoms in total. The first kappa shape index (κ1) is 21.4. The van der Waals surface area contributed by atoms with Crippen LogP contribution in [-0.4, -0.2) is 26.0 Å². The highest BCUT2D eigenvalue weighted by molar-refractivity contribution is 9.10. The molecule has 3 aromatic rings. The van der Waals surface area contributed by atoms with E-state index in [1.807, 2.05) is 19.1 Å². The number of benzene rings is 3. The molecule has 0 bridgehead atoms. The number of methoxy groups -OCH3 is 2. The Morgan fingerprint density at radius 1 is 0.800 bits per heavy atom. The second-order valence-electron chi connectivity index (χ2n) is 6.52. The summed E-state index contributed by atoms with van der Waals surface area (Å²) in [5, 5.41) is 5.74. The summed E-state index contributed by atoms with van der Waals surface area (Å²) < 4.78 is 11.3. The van der Waals surface area contributed by atoms with Crippen molar-refractivity contribution in [2.45, 2.75) is 6.92 Å². The molecular formula is C23H21BrN2O4. The number of anilines is 2. The van der Waals surface area contributed by atoms with Gasteiger partial charge in [0.15, 0.2) is 11.5 Å². The summed E-state index contributed by atoms with van der Waals surface area (Å²) >= 11 is 3.36. The smallest absolute Gasteiger partial charge is 0.255 e. The Balaban J connectivity index is 1.78. The zero-order valence-corrected chi connectivity index (χ0v) is 18.4. The number of hydrogen-bond acceptors (Lipinski definition) is 4. The van der Waals surface area contributed by atoms with E-state index in [1.165, 1.54) is 14.2 Å². The van der Waals surface area contributed by atoms with Gasteiger partial charge in [-0.3, -0.25) is 9.59 Å². The molecule has 0 saturated carbocycles. The lowest BCUT2D eigenvalue weighted by atomic mass is 10.1. The fourth-order valence-electron chi connectivity index (χ4n) is 2.84. The molecule has 154 valence electrons. The summed E-state index contributed by atoms with van der Waals surface area (Å²) in [5.41, 5.74) is 3.00. The first-order valence-electron chi connectivity index (χ1n) is 9.12. The van der Waals surface area contributed by atoms with E-state index in [0.717, 1.165) is 10.0 Å². The van der Waals surface area contributed by atoms with Gasteiger partial charge in [0.1, 0.15) is 0 Å². The minimum atomic E-state index is -0.297. The van der Waals surface area contributed by atoms with E-state index < -0.39 is 0 Å². The van der Waals surface area contributed by atoms with Gasteiger partial charge in [-0.05, 0) is 61.0 Å². The van der Waals surface area contributed by atoms with Crippen LogP contribution in [0.4, 0.5) is 11.4 Å². The molecular weight excluding hydrogens is 448 g/mol. The lowest BCUT2D eigenvalue weighted by Gasteiger charge is -2.13. The van der Waals surface area contributed by atoms with Crippen molar-refractivity contribution in [1.82, 2.24) is 0 Å². The molecule has 0 spiro atoms. The summed E-state index contributed by atoms with van der Waals surface area (Å²) in [7, 11) is 3.05. The van der Waals surface area contributed by atoms with Crippen LogP contribution in [0, 0.1) is 6.92 Å². The molecule has 3 rings (SSSR count). The molecule has 0 atom stereocenters. The van der Waals surface area contributed by atoms with Crippen LogP contribution in [0.15, 0.2) is 65.1 Å². The van der Waals surface area contributed by atoms with Crippen molar-refractivity contribution >= 4 is 39.1 Å². The van der Waals surface area contributed by atoms with Crippen LogP contribution in [0.25, 0.3) is 0 Å². The van der Waals surface area contributed by atoms with Gasteiger partial charge in [0.25, 0.3) is 11.8 Å². The van der Waals surface area contributed by atoms with Crippen molar-refractivity contribution in [2.24, 2.45) is 0 Å². The van der Waals surface area contributed by atoms with Crippen LogP contribution in [0.2, 0.25) is 0 Å². The summed E-state index contributed by atoms with van der Waals surface area (Å²) in [6.07, 6.45) is 0. The number of ether oxygens (including phenoxy) is 2. The SMILES string of the molecule is COc1ccc(C(=O)Nc2cc(NC(=O)c3cccc(Br)c3)ccc2C)cc1OC. The highest BCUT2D eigenvalue weighted by atomic mass is 79.9. The monoisotopic (exact) mass is 468 g/mol. The molecule has 7 heteroatoms. The molecule has 0 aliphatic heterocycles. The summed E-state index contributed by atoms with van der Waals surface area (Å²) in [6, 6.07) is 17.4. The lowest BCUT2D eigenvalue weighted by Crippen LogP contribution is -2.15. The molecule has 2 N–H and O–H groups in total.